The van der Waals surface area contributed by atoms with Crippen molar-refractivity contribution in [2.45, 2.75) is 18.8 Å². The van der Waals surface area contributed by atoms with E-state index in [1.807, 2.05) is 6.07 Å². The van der Waals surface area contributed by atoms with Crippen molar-refractivity contribution in [2.24, 2.45) is 0 Å². The number of halogens is 2. The molecule has 76 valence electrons. The van der Waals surface area contributed by atoms with Crippen molar-refractivity contribution in [3.05, 3.63) is 33.8 Å². The lowest BCUT2D eigenvalue weighted by atomic mass is 9.81. The number of rotatable bonds is 2. The van der Waals surface area contributed by atoms with Gasteiger partial charge in [-0.3, -0.25) is 0 Å². The summed E-state index contributed by atoms with van der Waals surface area (Å²) in [5.74, 6) is 0. The maximum Gasteiger partial charge on any atom is 0.0938 e. The van der Waals surface area contributed by atoms with E-state index in [0.717, 1.165) is 0 Å². The van der Waals surface area contributed by atoms with E-state index in [9.17, 15) is 0 Å². The molecular formula is C11H8Cl2N2. The third-order valence-electron chi connectivity index (χ3n) is 2.20. The van der Waals surface area contributed by atoms with E-state index in [0.29, 0.717) is 15.6 Å². The van der Waals surface area contributed by atoms with Gasteiger partial charge in [0.25, 0.3) is 0 Å². The van der Waals surface area contributed by atoms with Crippen LogP contribution in [0.5, 0.6) is 0 Å². The second kappa shape index (κ2) is 4.53. The molecule has 0 amide bonds. The Morgan fingerprint density at radius 3 is 2.47 bits per heavy atom. The lowest BCUT2D eigenvalue weighted by Crippen LogP contribution is -2.19. The van der Waals surface area contributed by atoms with Crippen LogP contribution in [0.2, 0.25) is 10.0 Å². The fourth-order valence-corrected chi connectivity index (χ4v) is 1.91. The van der Waals surface area contributed by atoms with Crippen LogP contribution in [0.1, 0.15) is 18.9 Å². The minimum atomic E-state index is -0.879. The Balaban J connectivity index is 3.27. The number of benzene rings is 1. The highest BCUT2D eigenvalue weighted by Gasteiger charge is 2.28. The fraction of sp³-hybridized carbons (Fsp3) is 0.273. The van der Waals surface area contributed by atoms with Gasteiger partial charge in [-0.15, -0.1) is 0 Å². The Kier molecular flexibility index (Phi) is 3.58. The summed E-state index contributed by atoms with van der Waals surface area (Å²) < 4.78 is 0. The van der Waals surface area contributed by atoms with Crippen LogP contribution in [-0.4, -0.2) is 0 Å². The molecule has 1 unspecified atom stereocenters. The average molecular weight is 239 g/mol. The summed E-state index contributed by atoms with van der Waals surface area (Å²) in [7, 11) is 0. The lowest BCUT2D eigenvalue weighted by molar-refractivity contribution is 0.628. The lowest BCUT2D eigenvalue weighted by Gasteiger charge is -2.19. The molecule has 0 N–H and O–H groups in total. The predicted octanol–water partition coefficient (Wildman–Crippen LogP) is 3.69. The average Bonchev–Trinajstić information content (AvgIpc) is 2.17. The molecule has 0 saturated carbocycles. The van der Waals surface area contributed by atoms with Crippen LogP contribution in [0.25, 0.3) is 0 Å². The molecular weight excluding hydrogens is 231 g/mol. The van der Waals surface area contributed by atoms with Crippen LogP contribution < -0.4 is 0 Å². The maximum atomic E-state index is 9.07. The van der Waals surface area contributed by atoms with Crippen LogP contribution in [0.3, 0.4) is 0 Å². The van der Waals surface area contributed by atoms with Gasteiger partial charge in [-0.05, 0) is 24.6 Å². The van der Waals surface area contributed by atoms with Crippen molar-refractivity contribution in [2.75, 3.05) is 0 Å². The normalized spacial score (nSPS) is 13.7. The summed E-state index contributed by atoms with van der Waals surface area (Å²) in [4.78, 5) is 0. The van der Waals surface area contributed by atoms with Crippen LogP contribution in [0.15, 0.2) is 18.2 Å². The standard InChI is InChI=1S/C11H8Cl2N2/c1-11(7-15,4-5-14)9-3-2-8(12)6-10(9)13/h2-3,6H,4H2,1H3. The Morgan fingerprint density at radius 1 is 1.33 bits per heavy atom. The zero-order chi connectivity index (χ0) is 11.5. The van der Waals surface area contributed by atoms with Gasteiger partial charge >= 0.3 is 0 Å². The number of hydrogen-bond acceptors (Lipinski definition) is 2. The van der Waals surface area contributed by atoms with Gasteiger partial charge in [-0.2, -0.15) is 10.5 Å². The van der Waals surface area contributed by atoms with Gasteiger partial charge < -0.3 is 0 Å². The summed E-state index contributed by atoms with van der Waals surface area (Å²) >= 11 is 11.7. The first kappa shape index (κ1) is 11.9. The van der Waals surface area contributed by atoms with Crippen LogP contribution >= 0.6 is 23.2 Å². The van der Waals surface area contributed by atoms with Crippen LogP contribution in [0.4, 0.5) is 0 Å². The molecule has 1 aromatic carbocycles. The first-order chi connectivity index (χ1) is 7.03. The zero-order valence-corrected chi connectivity index (χ0v) is 9.60. The van der Waals surface area contributed by atoms with Crippen molar-refractivity contribution in [3.63, 3.8) is 0 Å². The largest absolute Gasteiger partial charge is 0.198 e. The first-order valence-electron chi connectivity index (χ1n) is 4.27. The van der Waals surface area contributed by atoms with Crippen LogP contribution in [0, 0.1) is 22.7 Å². The molecule has 4 heteroatoms. The van der Waals surface area contributed by atoms with Gasteiger partial charge in [0.15, 0.2) is 0 Å². The quantitative estimate of drug-likeness (QED) is 0.790. The second-order valence-corrected chi connectivity index (χ2v) is 4.25. The zero-order valence-electron chi connectivity index (χ0n) is 8.09. The van der Waals surface area contributed by atoms with Gasteiger partial charge in [0.05, 0.1) is 24.0 Å². The summed E-state index contributed by atoms with van der Waals surface area (Å²) in [5.41, 5.74) is -0.242. The van der Waals surface area contributed by atoms with E-state index in [2.05, 4.69) is 6.07 Å². The third-order valence-corrected chi connectivity index (χ3v) is 2.75. The highest BCUT2D eigenvalue weighted by atomic mass is 35.5. The number of hydrogen-bond donors (Lipinski definition) is 0. The molecule has 0 aromatic heterocycles. The van der Waals surface area contributed by atoms with E-state index in [1.54, 1.807) is 25.1 Å². The predicted molar refractivity (Wildman–Crippen MR) is 59.7 cm³/mol. The van der Waals surface area contributed by atoms with Crippen molar-refractivity contribution >= 4 is 23.2 Å². The maximum absolute atomic E-state index is 9.07. The highest BCUT2D eigenvalue weighted by Crippen LogP contribution is 2.33. The number of nitriles is 2. The molecule has 2 nitrogen and oxygen atoms in total. The molecule has 0 fully saturated rings. The van der Waals surface area contributed by atoms with Crippen LogP contribution in [-0.2, 0) is 5.41 Å². The van der Waals surface area contributed by atoms with Gasteiger partial charge in [-0.1, -0.05) is 29.3 Å². The summed E-state index contributed by atoms with van der Waals surface area (Å²) in [6.45, 7) is 1.69. The molecule has 1 aromatic rings. The van der Waals surface area contributed by atoms with E-state index in [4.69, 9.17) is 33.7 Å². The molecule has 0 heterocycles. The van der Waals surface area contributed by atoms with E-state index >= 15 is 0 Å². The molecule has 0 spiro atoms. The second-order valence-electron chi connectivity index (χ2n) is 3.40. The Labute approximate surface area is 98.6 Å². The molecule has 0 aliphatic heterocycles. The molecule has 15 heavy (non-hydrogen) atoms. The molecule has 1 atom stereocenters. The van der Waals surface area contributed by atoms with Crippen molar-refractivity contribution < 1.29 is 0 Å². The van der Waals surface area contributed by atoms with Gasteiger partial charge in [0, 0.05) is 10.0 Å². The highest BCUT2D eigenvalue weighted by molar-refractivity contribution is 6.35. The van der Waals surface area contributed by atoms with E-state index in [1.165, 1.54) is 0 Å². The minimum Gasteiger partial charge on any atom is -0.198 e. The SMILES string of the molecule is CC(C#N)(CC#N)c1ccc(Cl)cc1Cl. The Morgan fingerprint density at radius 2 is 2.00 bits per heavy atom. The van der Waals surface area contributed by atoms with Crippen molar-refractivity contribution in [1.82, 2.24) is 0 Å². The summed E-state index contributed by atoms with van der Waals surface area (Å²) in [6.07, 6.45) is 0.102. The Bertz CT molecular complexity index is 457. The smallest absolute Gasteiger partial charge is 0.0938 e. The molecule has 0 bridgehead atoms. The molecule has 1 rings (SSSR count). The minimum absolute atomic E-state index is 0.102. The molecule has 0 aliphatic carbocycles. The topological polar surface area (TPSA) is 47.6 Å². The molecule has 0 aliphatic rings. The van der Waals surface area contributed by atoms with E-state index < -0.39 is 5.41 Å². The Hall–Kier alpha value is -1.22. The van der Waals surface area contributed by atoms with Gasteiger partial charge in [0.2, 0.25) is 0 Å². The van der Waals surface area contributed by atoms with E-state index in [-0.39, 0.29) is 6.42 Å². The third kappa shape index (κ3) is 2.42. The van der Waals surface area contributed by atoms with Gasteiger partial charge in [-0.25, -0.2) is 0 Å². The number of nitrogens with zero attached hydrogens (tertiary/aromatic N) is 2. The van der Waals surface area contributed by atoms with Crippen molar-refractivity contribution in [1.29, 1.82) is 10.5 Å². The van der Waals surface area contributed by atoms with Crippen molar-refractivity contribution in [3.8, 4) is 12.1 Å². The molecule has 0 saturated heterocycles. The summed E-state index contributed by atoms with van der Waals surface area (Å²) in [6, 6.07) is 9.01. The first-order valence-corrected chi connectivity index (χ1v) is 5.03. The molecule has 0 radical (unpaired) electrons. The monoisotopic (exact) mass is 238 g/mol. The summed E-state index contributed by atoms with van der Waals surface area (Å²) in [5, 5.41) is 18.7. The fourth-order valence-electron chi connectivity index (χ4n) is 1.29. The van der Waals surface area contributed by atoms with Gasteiger partial charge in [0.1, 0.15) is 0 Å².